The zero-order valence-corrected chi connectivity index (χ0v) is 25.2. The molecule has 6 heteroatoms. The topological polar surface area (TPSA) is 59.1 Å². The first-order chi connectivity index (χ1) is 20.5. The summed E-state index contributed by atoms with van der Waals surface area (Å²) in [7, 11) is 1.39. The van der Waals surface area contributed by atoms with Gasteiger partial charge >= 0.3 is 5.97 Å². The fourth-order valence-electron chi connectivity index (χ4n) is 8.01. The molecule has 1 amide bonds. The van der Waals surface area contributed by atoms with Crippen LogP contribution in [0.1, 0.15) is 81.8 Å². The second-order valence-corrected chi connectivity index (χ2v) is 13.1. The molecule has 1 aliphatic heterocycles. The lowest BCUT2D eigenvalue weighted by atomic mass is 9.51. The Morgan fingerprint density at radius 1 is 0.952 bits per heavy atom. The summed E-state index contributed by atoms with van der Waals surface area (Å²) < 4.78 is 10.3. The minimum Gasteiger partial charge on any atom is -0.466 e. The first-order valence-corrected chi connectivity index (χ1v) is 16.1. The van der Waals surface area contributed by atoms with Crippen molar-refractivity contribution in [1.82, 2.24) is 0 Å². The lowest BCUT2D eigenvalue weighted by molar-refractivity contribution is -0.134. The van der Waals surface area contributed by atoms with Crippen molar-refractivity contribution in [3.05, 3.63) is 65.7 Å². The zero-order chi connectivity index (χ0) is 29.0. The smallest absolute Gasteiger partial charge is 0.330 e. The van der Waals surface area contributed by atoms with Gasteiger partial charge in [0.2, 0.25) is 5.91 Å². The third kappa shape index (κ3) is 6.15. The normalized spacial score (nSPS) is 26.4. The van der Waals surface area contributed by atoms with Gasteiger partial charge in [0, 0.05) is 43.0 Å². The van der Waals surface area contributed by atoms with Crippen molar-refractivity contribution in [2.24, 2.45) is 11.3 Å². The van der Waals surface area contributed by atoms with Gasteiger partial charge in [0.1, 0.15) is 0 Å². The quantitative estimate of drug-likeness (QED) is 0.255. The molecule has 4 saturated carbocycles. The van der Waals surface area contributed by atoms with Crippen LogP contribution in [0.3, 0.4) is 0 Å². The second kappa shape index (κ2) is 12.6. The molecule has 0 unspecified atom stereocenters. The Kier molecular flexibility index (Phi) is 8.71. The average molecular weight is 571 g/mol. The van der Waals surface area contributed by atoms with E-state index >= 15 is 0 Å². The highest BCUT2D eigenvalue weighted by Gasteiger charge is 2.50. The Labute approximate surface area is 251 Å². The Morgan fingerprint density at radius 2 is 1.64 bits per heavy atom. The molecule has 2 bridgehead atoms. The molecule has 42 heavy (non-hydrogen) atoms. The largest absolute Gasteiger partial charge is 0.466 e. The summed E-state index contributed by atoms with van der Waals surface area (Å²) in [6.45, 7) is 4.34. The summed E-state index contributed by atoms with van der Waals surface area (Å²) in [4.78, 5) is 30.4. The molecule has 0 atom stereocenters. The van der Waals surface area contributed by atoms with Crippen LogP contribution in [0.5, 0.6) is 0 Å². The van der Waals surface area contributed by atoms with E-state index in [9.17, 15) is 9.59 Å². The number of nitrogens with zero attached hydrogens (tertiary/aromatic N) is 2. The fraction of sp³-hybridized carbons (Fsp3) is 0.556. The Bertz CT molecular complexity index is 1250. The molecule has 2 aromatic carbocycles. The number of benzene rings is 2. The van der Waals surface area contributed by atoms with Crippen molar-refractivity contribution < 1.29 is 19.1 Å². The molecule has 0 N–H and O–H groups in total. The molecule has 1 heterocycles. The maximum Gasteiger partial charge on any atom is 0.330 e. The molecular formula is C36H46N2O4. The van der Waals surface area contributed by atoms with Crippen LogP contribution in [0, 0.1) is 11.3 Å². The van der Waals surface area contributed by atoms with Gasteiger partial charge in [-0.15, -0.1) is 0 Å². The van der Waals surface area contributed by atoms with Crippen LogP contribution >= 0.6 is 0 Å². The predicted octanol–water partition coefficient (Wildman–Crippen LogP) is 6.91. The number of hydrogen-bond donors (Lipinski definition) is 0. The van der Waals surface area contributed by atoms with Gasteiger partial charge in [-0.3, -0.25) is 4.79 Å². The van der Waals surface area contributed by atoms with Crippen molar-refractivity contribution in [2.75, 3.05) is 49.8 Å². The molecule has 0 aromatic heterocycles. The highest BCUT2D eigenvalue weighted by molar-refractivity contribution is 5.95. The number of rotatable bonds is 8. The molecule has 5 fully saturated rings. The van der Waals surface area contributed by atoms with Crippen molar-refractivity contribution in [3.63, 3.8) is 0 Å². The molecular weight excluding hydrogens is 524 g/mol. The zero-order valence-electron chi connectivity index (χ0n) is 25.2. The van der Waals surface area contributed by atoms with E-state index in [0.717, 1.165) is 89.0 Å². The number of esters is 1. The maximum atomic E-state index is 14.1. The van der Waals surface area contributed by atoms with Gasteiger partial charge in [-0.25, -0.2) is 4.79 Å². The lowest BCUT2D eigenvalue weighted by Crippen LogP contribution is -2.51. The molecule has 1 saturated heterocycles. The van der Waals surface area contributed by atoms with E-state index in [1.807, 2.05) is 12.1 Å². The molecule has 4 aliphatic carbocycles. The lowest BCUT2D eigenvalue weighted by Gasteiger charge is -2.55. The van der Waals surface area contributed by atoms with E-state index in [2.05, 4.69) is 46.2 Å². The van der Waals surface area contributed by atoms with Gasteiger partial charge in [-0.1, -0.05) is 43.5 Å². The third-order valence-electron chi connectivity index (χ3n) is 10.8. The summed E-state index contributed by atoms with van der Waals surface area (Å²) in [5.41, 5.74) is 5.09. The van der Waals surface area contributed by atoms with Crippen LogP contribution in [0.4, 0.5) is 11.4 Å². The third-order valence-corrected chi connectivity index (χ3v) is 10.8. The van der Waals surface area contributed by atoms with E-state index in [1.54, 1.807) is 6.08 Å². The first-order valence-electron chi connectivity index (χ1n) is 16.1. The van der Waals surface area contributed by atoms with Crippen molar-refractivity contribution in [3.8, 4) is 0 Å². The number of carbonyl (C=O) groups is 2. The Balaban J connectivity index is 1.19. The predicted molar refractivity (Wildman–Crippen MR) is 168 cm³/mol. The van der Waals surface area contributed by atoms with E-state index in [1.165, 1.54) is 50.1 Å². The van der Waals surface area contributed by atoms with Crippen molar-refractivity contribution in [2.45, 2.75) is 76.0 Å². The number of fused-ring (bicyclic) bond motifs is 3. The number of amides is 1. The Morgan fingerprint density at radius 3 is 2.31 bits per heavy atom. The summed E-state index contributed by atoms with van der Waals surface area (Å²) in [6, 6.07) is 17.5. The summed E-state index contributed by atoms with van der Waals surface area (Å²) in [5, 5.41) is 0. The van der Waals surface area contributed by atoms with Crippen LogP contribution < -0.4 is 9.80 Å². The summed E-state index contributed by atoms with van der Waals surface area (Å²) >= 11 is 0. The fourth-order valence-corrected chi connectivity index (χ4v) is 8.01. The van der Waals surface area contributed by atoms with E-state index in [-0.39, 0.29) is 22.7 Å². The van der Waals surface area contributed by atoms with Gasteiger partial charge in [0.25, 0.3) is 0 Å². The van der Waals surface area contributed by atoms with Gasteiger partial charge < -0.3 is 19.3 Å². The van der Waals surface area contributed by atoms with Gasteiger partial charge in [-0.05, 0) is 104 Å². The number of methoxy groups -OCH3 is 1. The van der Waals surface area contributed by atoms with Crippen molar-refractivity contribution in [1.29, 1.82) is 0 Å². The van der Waals surface area contributed by atoms with Crippen LogP contribution in [0.2, 0.25) is 0 Å². The first kappa shape index (κ1) is 29.0. The highest BCUT2D eigenvalue weighted by Crippen LogP contribution is 2.58. The summed E-state index contributed by atoms with van der Waals surface area (Å²) in [6.07, 6.45) is 15.8. The average Bonchev–Trinajstić information content (AvgIpc) is 3.07. The molecule has 224 valence electrons. The molecule has 7 rings (SSSR count). The van der Waals surface area contributed by atoms with Crippen molar-refractivity contribution >= 4 is 29.3 Å². The molecule has 2 aromatic rings. The minimum atomic E-state index is -0.377. The number of hydrogen-bond acceptors (Lipinski definition) is 5. The summed E-state index contributed by atoms with van der Waals surface area (Å²) in [5.74, 6) is 0.0259. The number of morpholine rings is 1. The molecule has 6 nitrogen and oxygen atoms in total. The number of carbonyl (C=O) groups excluding carboxylic acids is 2. The van der Waals surface area contributed by atoms with Crippen LogP contribution in [-0.4, -0.2) is 51.8 Å². The van der Waals surface area contributed by atoms with Gasteiger partial charge in [-0.2, -0.15) is 0 Å². The SMILES string of the molecule is COC(=O)/C=C/c1cccc(N(CC23CCC(c4ccc(N5CCOCC5)cc4)(CC2)CC3)C(=O)C2CCCCC2)c1. The monoisotopic (exact) mass is 570 g/mol. The second-order valence-electron chi connectivity index (χ2n) is 13.1. The van der Waals surface area contributed by atoms with Crippen LogP contribution in [0.15, 0.2) is 54.6 Å². The van der Waals surface area contributed by atoms with E-state index in [4.69, 9.17) is 9.47 Å². The van der Waals surface area contributed by atoms with Crippen LogP contribution in [0.25, 0.3) is 6.08 Å². The van der Waals surface area contributed by atoms with Gasteiger partial charge in [0.05, 0.1) is 20.3 Å². The molecule has 0 spiro atoms. The van der Waals surface area contributed by atoms with E-state index in [0.29, 0.717) is 5.91 Å². The standard InChI is InChI=1S/C36H46N2O4/c1-41-33(39)15-10-28-6-5-9-32(26-28)38(34(40)29-7-3-2-4-8-29)27-35-16-19-36(20-17-35,21-18-35)30-11-13-31(14-12-30)37-22-24-42-25-23-37/h5-6,9-15,26,29H,2-4,7-8,16-25,27H2,1H3/b15-10+. The maximum absolute atomic E-state index is 14.1. The molecule has 0 radical (unpaired) electrons. The number of anilines is 2. The Hall–Kier alpha value is -3.12. The number of ether oxygens (including phenoxy) is 2. The minimum absolute atomic E-state index is 0.112. The highest BCUT2D eigenvalue weighted by atomic mass is 16.5. The van der Waals surface area contributed by atoms with Gasteiger partial charge in [0.15, 0.2) is 0 Å². The molecule has 5 aliphatic rings. The van der Waals surface area contributed by atoms with E-state index < -0.39 is 0 Å². The van der Waals surface area contributed by atoms with Crippen LogP contribution in [-0.2, 0) is 24.5 Å².